The van der Waals surface area contributed by atoms with Crippen LogP contribution in [0.4, 0.5) is 0 Å². The van der Waals surface area contributed by atoms with Crippen LogP contribution in [-0.2, 0) is 11.2 Å². The Morgan fingerprint density at radius 2 is 2.05 bits per heavy atom. The van der Waals surface area contributed by atoms with Gasteiger partial charge in [0.1, 0.15) is 5.15 Å². The number of hydrogen-bond acceptors (Lipinski definition) is 3. The van der Waals surface area contributed by atoms with E-state index in [1.165, 1.54) is 6.07 Å². The number of aromatic nitrogens is 2. The monoisotopic (exact) mass is 280 g/mol. The highest BCUT2D eigenvalue weighted by Gasteiger charge is 2.09. The van der Waals surface area contributed by atoms with Crippen molar-refractivity contribution in [3.63, 3.8) is 0 Å². The average Bonchev–Trinajstić information content (AvgIpc) is 2.36. The molecule has 0 spiro atoms. The van der Waals surface area contributed by atoms with Crippen molar-refractivity contribution in [2.45, 2.75) is 6.42 Å². The van der Waals surface area contributed by atoms with E-state index in [0.717, 1.165) is 10.1 Å². The Hall–Kier alpha value is -1.85. The molecular weight excluding hydrogens is 268 g/mol. The quantitative estimate of drug-likeness (QED) is 0.860. The highest BCUT2D eigenvalue weighted by Crippen LogP contribution is 2.12. The first-order valence-electron chi connectivity index (χ1n) is 5.72. The molecule has 0 saturated carbocycles. The molecule has 6 heteroatoms. The fourth-order valence-corrected chi connectivity index (χ4v) is 2.02. The minimum absolute atomic E-state index is 0.0284. The summed E-state index contributed by atoms with van der Waals surface area (Å²) in [6.45, 7) is 0.511. The molecule has 1 N–H and O–H groups in total. The first kappa shape index (κ1) is 13.6. The first-order valence-corrected chi connectivity index (χ1v) is 6.10. The Morgan fingerprint density at radius 3 is 2.74 bits per heavy atom. The minimum atomic E-state index is -0.553. The van der Waals surface area contributed by atoms with E-state index in [1.54, 1.807) is 19.2 Å². The smallest absolute Gasteiger partial charge is 0.334 e. The van der Waals surface area contributed by atoms with Crippen molar-refractivity contribution < 1.29 is 4.74 Å². The minimum Gasteiger partial charge on any atom is -0.384 e. The summed E-state index contributed by atoms with van der Waals surface area (Å²) in [6, 6.07) is 8.37. The van der Waals surface area contributed by atoms with Gasteiger partial charge in [0.15, 0.2) is 0 Å². The van der Waals surface area contributed by atoms with Crippen molar-refractivity contribution >= 4 is 11.6 Å². The third-order valence-electron chi connectivity index (χ3n) is 2.71. The van der Waals surface area contributed by atoms with Gasteiger partial charge in [0.2, 0.25) is 0 Å². The van der Waals surface area contributed by atoms with Gasteiger partial charge in [0, 0.05) is 13.2 Å². The lowest BCUT2D eigenvalue weighted by molar-refractivity contribution is 0.202. The van der Waals surface area contributed by atoms with E-state index in [-0.39, 0.29) is 5.15 Å². The normalized spacial score (nSPS) is 10.6. The predicted octanol–water partition coefficient (Wildman–Crippen LogP) is 1.37. The highest BCUT2D eigenvalue weighted by atomic mass is 35.5. The zero-order chi connectivity index (χ0) is 13.8. The Bertz CT molecular complexity index is 660. The lowest BCUT2D eigenvalue weighted by Crippen LogP contribution is -2.33. The zero-order valence-corrected chi connectivity index (χ0v) is 11.1. The molecule has 0 saturated heterocycles. The second-order valence-corrected chi connectivity index (χ2v) is 4.37. The van der Waals surface area contributed by atoms with Gasteiger partial charge in [-0.15, -0.1) is 0 Å². The summed E-state index contributed by atoms with van der Waals surface area (Å²) in [7, 11) is 1.60. The number of nitrogens with one attached hydrogen (secondary N) is 1. The van der Waals surface area contributed by atoms with Crippen LogP contribution in [0.2, 0.25) is 5.15 Å². The van der Waals surface area contributed by atoms with Crippen molar-refractivity contribution in [3.05, 3.63) is 61.9 Å². The van der Waals surface area contributed by atoms with Crippen LogP contribution in [0.5, 0.6) is 0 Å². The molecule has 1 aromatic carbocycles. The van der Waals surface area contributed by atoms with Gasteiger partial charge in [0.25, 0.3) is 5.56 Å². The van der Waals surface area contributed by atoms with Crippen molar-refractivity contribution in [2.24, 2.45) is 0 Å². The summed E-state index contributed by atoms with van der Waals surface area (Å²) in [6.07, 6.45) is 0.612. The molecule has 2 rings (SSSR count). The van der Waals surface area contributed by atoms with E-state index < -0.39 is 11.2 Å². The standard InChI is InChI=1S/C13H13ClN2O3/c1-19-7-6-9-4-2-3-5-10(9)16-12(17)8-11(14)15-13(16)18/h2-5,8H,6-7H2,1H3,(H,15,18). The van der Waals surface area contributed by atoms with Crippen molar-refractivity contribution in [1.82, 2.24) is 9.55 Å². The molecule has 1 heterocycles. The fraction of sp³-hybridized carbons (Fsp3) is 0.231. The van der Waals surface area contributed by atoms with Gasteiger partial charge < -0.3 is 4.74 Å². The van der Waals surface area contributed by atoms with E-state index >= 15 is 0 Å². The van der Waals surface area contributed by atoms with Gasteiger partial charge in [-0.2, -0.15) is 0 Å². The maximum atomic E-state index is 11.9. The van der Waals surface area contributed by atoms with E-state index in [2.05, 4.69) is 4.98 Å². The van der Waals surface area contributed by atoms with E-state index in [9.17, 15) is 9.59 Å². The lowest BCUT2D eigenvalue weighted by atomic mass is 10.1. The van der Waals surface area contributed by atoms with Crippen LogP contribution < -0.4 is 11.2 Å². The number of halogens is 1. The molecule has 0 atom stereocenters. The summed E-state index contributed by atoms with van der Waals surface area (Å²) < 4.78 is 6.09. The molecule has 0 unspecified atom stereocenters. The highest BCUT2D eigenvalue weighted by molar-refractivity contribution is 6.29. The number of methoxy groups -OCH3 is 1. The van der Waals surface area contributed by atoms with Crippen LogP contribution in [0.3, 0.4) is 0 Å². The van der Waals surface area contributed by atoms with Crippen LogP contribution in [0.15, 0.2) is 39.9 Å². The number of rotatable bonds is 4. The topological polar surface area (TPSA) is 64.1 Å². The molecule has 0 aliphatic carbocycles. The summed E-state index contributed by atoms with van der Waals surface area (Å²) in [4.78, 5) is 26.2. The first-order chi connectivity index (χ1) is 9.13. The van der Waals surface area contributed by atoms with Crippen LogP contribution in [0.25, 0.3) is 5.69 Å². The number of nitrogens with zero attached hydrogens (tertiary/aromatic N) is 1. The van der Waals surface area contributed by atoms with Crippen LogP contribution in [-0.4, -0.2) is 23.3 Å². The summed E-state index contributed by atoms with van der Waals surface area (Å²) in [5.41, 5.74) is 0.391. The Labute approximate surface area is 114 Å². The fourth-order valence-electron chi connectivity index (χ4n) is 1.85. The van der Waals surface area contributed by atoms with E-state index in [0.29, 0.717) is 18.7 Å². The van der Waals surface area contributed by atoms with E-state index in [1.807, 2.05) is 12.1 Å². The van der Waals surface area contributed by atoms with Gasteiger partial charge in [-0.25, -0.2) is 9.36 Å². The van der Waals surface area contributed by atoms with Crippen molar-refractivity contribution in [1.29, 1.82) is 0 Å². The van der Waals surface area contributed by atoms with Gasteiger partial charge >= 0.3 is 5.69 Å². The number of ether oxygens (including phenoxy) is 1. The van der Waals surface area contributed by atoms with Gasteiger partial charge in [-0.3, -0.25) is 9.78 Å². The third-order valence-corrected chi connectivity index (χ3v) is 2.91. The molecule has 19 heavy (non-hydrogen) atoms. The van der Waals surface area contributed by atoms with E-state index in [4.69, 9.17) is 16.3 Å². The second-order valence-electron chi connectivity index (χ2n) is 3.97. The molecule has 1 aromatic heterocycles. The average molecular weight is 281 g/mol. The van der Waals surface area contributed by atoms with Gasteiger partial charge in [0.05, 0.1) is 12.3 Å². The van der Waals surface area contributed by atoms with Crippen LogP contribution in [0.1, 0.15) is 5.56 Å². The summed E-state index contributed by atoms with van der Waals surface area (Å²) >= 11 is 5.64. The van der Waals surface area contributed by atoms with Crippen LogP contribution in [0, 0.1) is 0 Å². The van der Waals surface area contributed by atoms with Crippen LogP contribution >= 0.6 is 11.6 Å². The van der Waals surface area contributed by atoms with Crippen molar-refractivity contribution in [3.8, 4) is 5.69 Å². The maximum Gasteiger partial charge on any atom is 0.334 e. The molecule has 0 bridgehead atoms. The second kappa shape index (κ2) is 5.86. The number of aromatic amines is 1. The van der Waals surface area contributed by atoms with Gasteiger partial charge in [-0.05, 0) is 18.1 Å². The molecule has 0 aliphatic heterocycles. The molecule has 0 amide bonds. The predicted molar refractivity (Wildman–Crippen MR) is 73.2 cm³/mol. The number of H-pyrrole nitrogens is 1. The number of hydrogen-bond donors (Lipinski definition) is 1. The molecular formula is C13H13ClN2O3. The number of benzene rings is 1. The van der Waals surface area contributed by atoms with Crippen molar-refractivity contribution in [2.75, 3.05) is 13.7 Å². The largest absolute Gasteiger partial charge is 0.384 e. The van der Waals surface area contributed by atoms with Gasteiger partial charge in [-0.1, -0.05) is 29.8 Å². The maximum absolute atomic E-state index is 11.9. The molecule has 2 aromatic rings. The Balaban J connectivity index is 2.60. The summed E-state index contributed by atoms with van der Waals surface area (Å²) in [5, 5.41) is 0.0284. The third kappa shape index (κ3) is 2.94. The molecule has 5 nitrogen and oxygen atoms in total. The molecule has 100 valence electrons. The molecule has 0 radical (unpaired) electrons. The number of para-hydroxylation sites is 1. The Morgan fingerprint density at radius 1 is 1.32 bits per heavy atom. The lowest BCUT2D eigenvalue weighted by Gasteiger charge is -2.10. The Kier molecular flexibility index (Phi) is 4.19. The SMILES string of the molecule is COCCc1ccccc1-n1c(=O)cc(Cl)[nH]c1=O. The summed E-state index contributed by atoms with van der Waals surface area (Å²) in [5.74, 6) is 0. The molecule has 0 fully saturated rings. The molecule has 0 aliphatic rings. The zero-order valence-electron chi connectivity index (χ0n) is 10.4.